The van der Waals surface area contributed by atoms with Gasteiger partial charge in [0.2, 0.25) is 5.91 Å². The minimum Gasteiger partial charge on any atom is -0.396 e. The molecule has 0 radical (unpaired) electrons. The van der Waals surface area contributed by atoms with Crippen LogP contribution in [0.1, 0.15) is 26.7 Å². The SMILES string of the molecule is CCC(C)(CCO)NC(=O)Cn1ccnn1. The molecule has 1 aromatic heterocycles. The largest absolute Gasteiger partial charge is 0.396 e. The van der Waals surface area contributed by atoms with Crippen molar-refractivity contribution in [2.75, 3.05) is 6.61 Å². The second-order valence-corrected chi connectivity index (χ2v) is 4.04. The Morgan fingerprint density at radius 1 is 1.62 bits per heavy atom. The van der Waals surface area contributed by atoms with E-state index in [1.165, 1.54) is 10.9 Å². The fraction of sp³-hybridized carbons (Fsp3) is 0.700. The Morgan fingerprint density at radius 2 is 2.38 bits per heavy atom. The summed E-state index contributed by atoms with van der Waals surface area (Å²) in [4.78, 5) is 11.7. The highest BCUT2D eigenvalue weighted by Crippen LogP contribution is 2.13. The van der Waals surface area contributed by atoms with Crippen molar-refractivity contribution >= 4 is 5.91 Å². The fourth-order valence-electron chi connectivity index (χ4n) is 1.41. The fourth-order valence-corrected chi connectivity index (χ4v) is 1.41. The van der Waals surface area contributed by atoms with E-state index in [4.69, 9.17) is 5.11 Å². The van der Waals surface area contributed by atoms with Gasteiger partial charge in [0.05, 0.1) is 6.20 Å². The first kappa shape index (κ1) is 12.6. The van der Waals surface area contributed by atoms with Crippen LogP contribution in [0, 0.1) is 0 Å². The van der Waals surface area contributed by atoms with Crippen LogP contribution in [0.5, 0.6) is 0 Å². The van der Waals surface area contributed by atoms with Crippen molar-refractivity contribution in [1.82, 2.24) is 20.3 Å². The number of rotatable bonds is 6. The maximum atomic E-state index is 11.7. The number of amides is 1. The molecule has 0 spiro atoms. The van der Waals surface area contributed by atoms with Crippen LogP contribution in [0.4, 0.5) is 0 Å². The van der Waals surface area contributed by atoms with Gasteiger partial charge >= 0.3 is 0 Å². The summed E-state index contributed by atoms with van der Waals surface area (Å²) in [7, 11) is 0. The van der Waals surface area contributed by atoms with E-state index in [1.807, 2.05) is 13.8 Å². The third kappa shape index (κ3) is 3.62. The van der Waals surface area contributed by atoms with E-state index in [2.05, 4.69) is 15.6 Å². The molecule has 6 nitrogen and oxygen atoms in total. The number of carbonyl (C=O) groups is 1. The molecule has 0 bridgehead atoms. The predicted molar refractivity (Wildman–Crippen MR) is 58.6 cm³/mol. The smallest absolute Gasteiger partial charge is 0.242 e. The normalized spacial score (nSPS) is 14.4. The van der Waals surface area contributed by atoms with E-state index in [9.17, 15) is 4.79 Å². The third-order valence-electron chi connectivity index (χ3n) is 2.66. The molecule has 16 heavy (non-hydrogen) atoms. The van der Waals surface area contributed by atoms with Crippen LogP contribution in [-0.4, -0.2) is 38.2 Å². The second kappa shape index (κ2) is 5.60. The molecule has 0 aliphatic rings. The van der Waals surface area contributed by atoms with Crippen LogP contribution < -0.4 is 5.32 Å². The Balaban J connectivity index is 2.49. The van der Waals surface area contributed by atoms with Gasteiger partial charge in [0.25, 0.3) is 0 Å². The lowest BCUT2D eigenvalue weighted by molar-refractivity contribution is -0.123. The van der Waals surface area contributed by atoms with E-state index in [1.54, 1.807) is 6.20 Å². The van der Waals surface area contributed by atoms with Gasteiger partial charge in [0.15, 0.2) is 0 Å². The lowest BCUT2D eigenvalue weighted by Crippen LogP contribution is -2.47. The number of aliphatic hydroxyl groups is 1. The van der Waals surface area contributed by atoms with Crippen molar-refractivity contribution in [3.8, 4) is 0 Å². The summed E-state index contributed by atoms with van der Waals surface area (Å²) in [6, 6.07) is 0. The highest BCUT2D eigenvalue weighted by atomic mass is 16.3. The second-order valence-electron chi connectivity index (χ2n) is 4.04. The minimum absolute atomic E-state index is 0.0634. The van der Waals surface area contributed by atoms with Crippen LogP contribution in [-0.2, 0) is 11.3 Å². The lowest BCUT2D eigenvalue weighted by atomic mass is 9.95. The van der Waals surface area contributed by atoms with Gasteiger partial charge in [-0.05, 0) is 19.8 Å². The van der Waals surface area contributed by atoms with E-state index in [0.29, 0.717) is 6.42 Å². The Bertz CT molecular complexity index is 326. The zero-order chi connectivity index (χ0) is 12.0. The van der Waals surface area contributed by atoms with Gasteiger partial charge in [-0.25, -0.2) is 4.68 Å². The predicted octanol–water partition coefficient (Wildman–Crippen LogP) is -0.0546. The highest BCUT2D eigenvalue weighted by Gasteiger charge is 2.23. The summed E-state index contributed by atoms with van der Waals surface area (Å²) >= 11 is 0. The van der Waals surface area contributed by atoms with Gasteiger partial charge in [-0.1, -0.05) is 12.1 Å². The van der Waals surface area contributed by atoms with Crippen LogP contribution >= 0.6 is 0 Å². The van der Waals surface area contributed by atoms with Crippen LogP contribution in [0.15, 0.2) is 12.4 Å². The van der Waals surface area contributed by atoms with Crippen LogP contribution in [0.3, 0.4) is 0 Å². The van der Waals surface area contributed by atoms with Crippen molar-refractivity contribution in [1.29, 1.82) is 0 Å². The number of nitrogens with zero attached hydrogens (tertiary/aromatic N) is 3. The molecule has 0 aromatic carbocycles. The average Bonchev–Trinajstić information content (AvgIpc) is 2.70. The zero-order valence-corrected chi connectivity index (χ0v) is 9.68. The topological polar surface area (TPSA) is 80.0 Å². The molecule has 1 unspecified atom stereocenters. The van der Waals surface area contributed by atoms with E-state index in [-0.39, 0.29) is 24.6 Å². The summed E-state index contributed by atoms with van der Waals surface area (Å²) in [5.74, 6) is -0.122. The number of hydrogen-bond acceptors (Lipinski definition) is 4. The summed E-state index contributed by atoms with van der Waals surface area (Å²) in [6.45, 7) is 4.11. The van der Waals surface area contributed by atoms with Crippen molar-refractivity contribution < 1.29 is 9.90 Å². The van der Waals surface area contributed by atoms with Gasteiger partial charge in [-0.15, -0.1) is 5.10 Å². The molecule has 0 fully saturated rings. The Hall–Kier alpha value is -1.43. The Morgan fingerprint density at radius 3 is 2.88 bits per heavy atom. The van der Waals surface area contributed by atoms with Crippen LogP contribution in [0.25, 0.3) is 0 Å². The first-order chi connectivity index (χ1) is 7.59. The molecule has 1 amide bonds. The molecule has 90 valence electrons. The molecular weight excluding hydrogens is 208 g/mol. The van der Waals surface area contributed by atoms with Gasteiger partial charge < -0.3 is 10.4 Å². The number of aromatic nitrogens is 3. The van der Waals surface area contributed by atoms with Crippen molar-refractivity contribution in [2.45, 2.75) is 38.8 Å². The average molecular weight is 226 g/mol. The van der Waals surface area contributed by atoms with E-state index in [0.717, 1.165) is 6.42 Å². The molecule has 0 aliphatic carbocycles. The molecule has 1 aromatic rings. The van der Waals surface area contributed by atoms with Crippen molar-refractivity contribution in [2.24, 2.45) is 0 Å². The Labute approximate surface area is 94.7 Å². The third-order valence-corrected chi connectivity index (χ3v) is 2.66. The first-order valence-corrected chi connectivity index (χ1v) is 5.35. The quantitative estimate of drug-likeness (QED) is 0.712. The van der Waals surface area contributed by atoms with Gasteiger partial charge in [-0.3, -0.25) is 4.79 Å². The number of hydrogen-bond donors (Lipinski definition) is 2. The standard InChI is InChI=1S/C10H18N4O2/c1-3-10(2,4-7-15)12-9(16)8-14-6-5-11-13-14/h5-6,15H,3-4,7-8H2,1-2H3,(H,12,16). The molecule has 1 atom stereocenters. The highest BCUT2D eigenvalue weighted by molar-refractivity contribution is 5.76. The van der Waals surface area contributed by atoms with Crippen molar-refractivity contribution in [3.63, 3.8) is 0 Å². The summed E-state index contributed by atoms with van der Waals surface area (Å²) in [5, 5.41) is 19.2. The van der Waals surface area contributed by atoms with Gasteiger partial charge in [0.1, 0.15) is 6.54 Å². The monoisotopic (exact) mass is 226 g/mol. The molecule has 0 aliphatic heterocycles. The summed E-state index contributed by atoms with van der Waals surface area (Å²) in [6.07, 6.45) is 4.48. The van der Waals surface area contributed by atoms with Gasteiger partial charge in [-0.2, -0.15) is 0 Å². The van der Waals surface area contributed by atoms with Gasteiger partial charge in [0, 0.05) is 18.3 Å². The summed E-state index contributed by atoms with van der Waals surface area (Å²) in [5.41, 5.74) is -0.355. The minimum atomic E-state index is -0.355. The molecule has 6 heteroatoms. The molecule has 2 N–H and O–H groups in total. The molecule has 1 heterocycles. The zero-order valence-electron chi connectivity index (χ0n) is 9.68. The first-order valence-electron chi connectivity index (χ1n) is 5.35. The number of nitrogens with one attached hydrogen (secondary N) is 1. The molecular formula is C10H18N4O2. The van der Waals surface area contributed by atoms with Crippen LogP contribution in [0.2, 0.25) is 0 Å². The van der Waals surface area contributed by atoms with Crippen molar-refractivity contribution in [3.05, 3.63) is 12.4 Å². The molecule has 0 saturated carbocycles. The lowest BCUT2D eigenvalue weighted by Gasteiger charge is -2.28. The molecule has 1 rings (SSSR count). The number of aliphatic hydroxyl groups excluding tert-OH is 1. The summed E-state index contributed by atoms with van der Waals surface area (Å²) < 4.78 is 1.46. The van der Waals surface area contributed by atoms with E-state index >= 15 is 0 Å². The molecule has 0 saturated heterocycles. The Kier molecular flexibility index (Phi) is 4.42. The maximum Gasteiger partial charge on any atom is 0.242 e. The van der Waals surface area contributed by atoms with E-state index < -0.39 is 0 Å². The number of carbonyl (C=O) groups excluding carboxylic acids is 1. The maximum absolute atomic E-state index is 11.7.